The van der Waals surface area contributed by atoms with E-state index in [1.807, 2.05) is 44.2 Å². The van der Waals surface area contributed by atoms with E-state index in [0.717, 1.165) is 22.4 Å². The fourth-order valence-corrected chi connectivity index (χ4v) is 2.92. The summed E-state index contributed by atoms with van der Waals surface area (Å²) in [5, 5.41) is 15.1. The number of nitrogens with zero attached hydrogens (tertiary/aromatic N) is 5. The van der Waals surface area contributed by atoms with Gasteiger partial charge in [0.05, 0.1) is 20.4 Å². The normalized spacial score (nSPS) is 11.1. The van der Waals surface area contributed by atoms with Gasteiger partial charge in [0.25, 0.3) is 0 Å². The van der Waals surface area contributed by atoms with Gasteiger partial charge in [-0.1, -0.05) is 12.1 Å². The third-order valence-electron chi connectivity index (χ3n) is 4.76. The molecule has 4 aromatic rings. The molecule has 0 atom stereocenters. The van der Waals surface area contributed by atoms with E-state index in [4.69, 9.17) is 14.1 Å². The molecule has 0 aliphatic rings. The third-order valence-corrected chi connectivity index (χ3v) is 4.76. The monoisotopic (exact) mass is 419 g/mol. The quantitative estimate of drug-likeness (QED) is 0.340. The molecule has 4 rings (SSSR count). The summed E-state index contributed by atoms with van der Waals surface area (Å²) in [4.78, 5) is 8.88. The van der Waals surface area contributed by atoms with Crippen LogP contribution in [0.15, 0.2) is 46.1 Å². The molecule has 0 fully saturated rings. The van der Waals surface area contributed by atoms with Gasteiger partial charge in [0.15, 0.2) is 23.1 Å². The number of ether oxygens (including phenoxy) is 2. The van der Waals surface area contributed by atoms with E-state index in [-0.39, 0.29) is 5.65 Å². The van der Waals surface area contributed by atoms with Crippen molar-refractivity contribution in [2.24, 2.45) is 5.10 Å². The van der Waals surface area contributed by atoms with Gasteiger partial charge in [-0.15, -0.1) is 0 Å². The number of anilines is 3. The molecule has 0 saturated carbocycles. The van der Waals surface area contributed by atoms with Gasteiger partial charge in [-0.2, -0.15) is 10.1 Å². The van der Waals surface area contributed by atoms with E-state index in [9.17, 15) is 0 Å². The molecule has 0 saturated heterocycles. The highest BCUT2D eigenvalue weighted by molar-refractivity contribution is 5.83. The number of aryl methyl sites for hydroxylation is 1. The predicted molar refractivity (Wildman–Crippen MR) is 117 cm³/mol. The van der Waals surface area contributed by atoms with E-state index in [1.165, 1.54) is 0 Å². The number of nitrogens with one attached hydrogen (secondary N) is 2. The van der Waals surface area contributed by atoms with Crippen LogP contribution in [0.5, 0.6) is 11.5 Å². The fourth-order valence-electron chi connectivity index (χ4n) is 2.92. The lowest BCUT2D eigenvalue weighted by Gasteiger charge is -2.12. The smallest absolute Gasteiger partial charge is 0.245 e. The zero-order valence-electron chi connectivity index (χ0n) is 17.5. The number of rotatable bonds is 7. The number of methoxy groups -OCH3 is 2. The number of hydrogen-bond acceptors (Lipinski definition) is 10. The Bertz CT molecular complexity index is 1250. The van der Waals surface area contributed by atoms with Gasteiger partial charge < -0.3 is 14.8 Å². The Balaban J connectivity index is 1.63. The molecule has 2 aromatic heterocycles. The van der Waals surface area contributed by atoms with E-state index in [1.54, 1.807) is 26.5 Å². The second-order valence-corrected chi connectivity index (χ2v) is 6.69. The molecule has 158 valence electrons. The largest absolute Gasteiger partial charge is 0.493 e. The highest BCUT2D eigenvalue weighted by Crippen LogP contribution is 2.28. The van der Waals surface area contributed by atoms with Gasteiger partial charge in [-0.25, -0.2) is 9.61 Å². The molecule has 0 amide bonds. The highest BCUT2D eigenvalue weighted by atomic mass is 16.6. The van der Waals surface area contributed by atoms with Crippen LogP contribution in [0.4, 0.5) is 17.3 Å². The molecule has 2 N–H and O–H groups in total. The molecule has 2 aromatic carbocycles. The van der Waals surface area contributed by atoms with Crippen LogP contribution in [-0.4, -0.2) is 40.7 Å². The molecule has 0 spiro atoms. The molecule has 0 aliphatic heterocycles. The summed E-state index contributed by atoms with van der Waals surface area (Å²) in [6.07, 6.45) is 1.64. The Morgan fingerprint density at radius 3 is 2.42 bits per heavy atom. The van der Waals surface area contributed by atoms with Crippen molar-refractivity contribution >= 4 is 34.8 Å². The number of hydrazone groups is 1. The van der Waals surface area contributed by atoms with Crippen LogP contribution in [0.1, 0.15) is 16.7 Å². The summed E-state index contributed by atoms with van der Waals surface area (Å²) in [6.45, 7) is 4.08. The Labute approximate surface area is 178 Å². The lowest BCUT2D eigenvalue weighted by Crippen LogP contribution is -2.04. The van der Waals surface area contributed by atoms with Crippen molar-refractivity contribution < 1.29 is 14.1 Å². The van der Waals surface area contributed by atoms with Crippen molar-refractivity contribution in [2.45, 2.75) is 13.8 Å². The van der Waals surface area contributed by atoms with Crippen molar-refractivity contribution in [1.82, 2.24) is 20.3 Å². The molecule has 31 heavy (non-hydrogen) atoms. The standard InChI is InChI=1S/C21H21N7O3/c1-12-6-5-7-15(13(12)2)23-18-19(25-21-20(24-18)27-31-28-21)26-22-11-14-8-9-16(29-3)17(10-14)30-4/h5-11H,1-4H3,(H,23,24,27)(H,25,26,28)/b22-11-. The van der Waals surface area contributed by atoms with E-state index >= 15 is 0 Å². The summed E-state index contributed by atoms with van der Waals surface area (Å²) >= 11 is 0. The molecule has 10 heteroatoms. The Kier molecular flexibility index (Phi) is 5.61. The number of hydrogen-bond donors (Lipinski definition) is 2. The Morgan fingerprint density at radius 1 is 0.935 bits per heavy atom. The summed E-state index contributed by atoms with van der Waals surface area (Å²) in [5.74, 6) is 2.07. The van der Waals surface area contributed by atoms with Crippen LogP contribution in [0.25, 0.3) is 11.3 Å². The van der Waals surface area contributed by atoms with Gasteiger partial charge in [0, 0.05) is 5.69 Å². The lowest BCUT2D eigenvalue weighted by atomic mass is 10.1. The minimum Gasteiger partial charge on any atom is -0.493 e. The van der Waals surface area contributed by atoms with Crippen LogP contribution in [-0.2, 0) is 0 Å². The molecule has 0 unspecified atom stereocenters. The maximum Gasteiger partial charge on any atom is 0.245 e. The van der Waals surface area contributed by atoms with Gasteiger partial charge in [0.1, 0.15) is 0 Å². The van der Waals surface area contributed by atoms with Crippen molar-refractivity contribution in [3.8, 4) is 11.5 Å². The minimum absolute atomic E-state index is 0.273. The number of fused-ring (bicyclic) bond motifs is 1. The van der Waals surface area contributed by atoms with E-state index < -0.39 is 0 Å². The molecule has 0 radical (unpaired) electrons. The maximum atomic E-state index is 5.32. The molecule has 2 heterocycles. The molecular weight excluding hydrogens is 398 g/mol. The van der Waals surface area contributed by atoms with Gasteiger partial charge in [0.2, 0.25) is 11.3 Å². The zero-order valence-corrected chi connectivity index (χ0v) is 17.5. The summed E-state index contributed by atoms with van der Waals surface area (Å²) < 4.78 is 15.3. The van der Waals surface area contributed by atoms with Crippen LogP contribution >= 0.6 is 0 Å². The minimum atomic E-state index is 0.273. The summed E-state index contributed by atoms with van der Waals surface area (Å²) in [7, 11) is 3.17. The topological polar surface area (TPSA) is 120 Å². The van der Waals surface area contributed by atoms with Gasteiger partial charge in [-0.3, -0.25) is 5.43 Å². The van der Waals surface area contributed by atoms with Crippen molar-refractivity contribution in [3.05, 3.63) is 53.1 Å². The lowest BCUT2D eigenvalue weighted by molar-refractivity contribution is 0.314. The first-order chi connectivity index (χ1) is 15.1. The average molecular weight is 419 g/mol. The van der Waals surface area contributed by atoms with Crippen molar-refractivity contribution in [1.29, 1.82) is 0 Å². The molecular formula is C21H21N7O3. The van der Waals surface area contributed by atoms with Crippen molar-refractivity contribution in [3.63, 3.8) is 0 Å². The first-order valence-electron chi connectivity index (χ1n) is 9.43. The second-order valence-electron chi connectivity index (χ2n) is 6.69. The van der Waals surface area contributed by atoms with Gasteiger partial charge >= 0.3 is 0 Å². The zero-order chi connectivity index (χ0) is 21.8. The third kappa shape index (κ3) is 4.22. The Hall–Kier alpha value is -4.21. The van der Waals surface area contributed by atoms with Crippen LogP contribution in [0, 0.1) is 13.8 Å². The van der Waals surface area contributed by atoms with E-state index in [0.29, 0.717) is 28.8 Å². The van der Waals surface area contributed by atoms with E-state index in [2.05, 4.69) is 36.1 Å². The van der Waals surface area contributed by atoms with Crippen LogP contribution in [0.2, 0.25) is 0 Å². The highest BCUT2D eigenvalue weighted by Gasteiger charge is 2.14. The summed E-state index contributed by atoms with van der Waals surface area (Å²) in [5.41, 5.74) is 7.45. The van der Waals surface area contributed by atoms with Gasteiger partial charge in [-0.05, 0) is 65.1 Å². The first-order valence-corrected chi connectivity index (χ1v) is 9.43. The predicted octanol–water partition coefficient (Wildman–Crippen LogP) is 3.84. The first kappa shape index (κ1) is 20.1. The maximum absolute atomic E-state index is 5.32. The van der Waals surface area contributed by atoms with Crippen LogP contribution < -0.4 is 20.2 Å². The summed E-state index contributed by atoms with van der Waals surface area (Å²) in [6, 6.07) is 11.5. The molecule has 0 bridgehead atoms. The van der Waals surface area contributed by atoms with Crippen LogP contribution in [0.3, 0.4) is 0 Å². The Morgan fingerprint density at radius 2 is 1.68 bits per heavy atom. The SMILES string of the molecule is COc1ccc(/C=N\Nc2nc3nonc3nc2Nc2cccc(C)c2C)cc1OC. The fraction of sp³-hybridized carbons (Fsp3) is 0.190. The average Bonchev–Trinajstić information content (AvgIpc) is 3.24. The number of benzene rings is 2. The molecule has 0 aliphatic carbocycles. The van der Waals surface area contributed by atoms with Crippen molar-refractivity contribution in [2.75, 3.05) is 25.0 Å². The molecule has 10 nitrogen and oxygen atoms in total. The second kappa shape index (κ2) is 8.66. The number of aromatic nitrogens is 4.